The summed E-state index contributed by atoms with van der Waals surface area (Å²) >= 11 is 0. The number of aromatic hydroxyl groups is 1. The molecular formula is C14H12N4O2. The van der Waals surface area contributed by atoms with Crippen LogP contribution in [0.15, 0.2) is 30.3 Å². The number of phenols is 1. The Kier molecular flexibility index (Phi) is 2.14. The van der Waals surface area contributed by atoms with Crippen LogP contribution in [0, 0.1) is 0 Å². The van der Waals surface area contributed by atoms with E-state index in [0.29, 0.717) is 30.2 Å². The summed E-state index contributed by atoms with van der Waals surface area (Å²) in [4.78, 5) is 12.1. The van der Waals surface area contributed by atoms with Gasteiger partial charge in [-0.1, -0.05) is 12.1 Å². The first-order valence-corrected chi connectivity index (χ1v) is 6.39. The van der Waals surface area contributed by atoms with Crippen molar-refractivity contribution >= 4 is 11.7 Å². The molecule has 1 spiro atoms. The highest BCUT2D eigenvalue weighted by Gasteiger charge is 2.52. The van der Waals surface area contributed by atoms with Crippen LogP contribution in [-0.4, -0.2) is 34.3 Å². The van der Waals surface area contributed by atoms with Gasteiger partial charge in [0.25, 0.3) is 0 Å². The molecule has 0 saturated carbocycles. The Hall–Kier alpha value is -2.47. The summed E-state index contributed by atoms with van der Waals surface area (Å²) in [7, 11) is 0. The maximum Gasteiger partial charge on any atom is 0.238 e. The van der Waals surface area contributed by atoms with Gasteiger partial charge in [0, 0.05) is 24.2 Å². The highest BCUT2D eigenvalue weighted by Crippen LogP contribution is 2.41. The number of benzene rings is 1. The van der Waals surface area contributed by atoms with Gasteiger partial charge in [0.2, 0.25) is 5.91 Å². The van der Waals surface area contributed by atoms with E-state index in [1.54, 1.807) is 18.2 Å². The number of para-hydroxylation sites is 1. The molecule has 1 aromatic heterocycles. The zero-order chi connectivity index (χ0) is 13.7. The van der Waals surface area contributed by atoms with Crippen molar-refractivity contribution in [3.63, 3.8) is 0 Å². The number of phenolic OH excluding ortho intramolecular Hbond substituents is 1. The second-order valence-electron chi connectivity index (χ2n) is 5.15. The zero-order valence-electron chi connectivity index (χ0n) is 10.6. The molecule has 2 aliphatic rings. The topological polar surface area (TPSA) is 87.1 Å². The molecule has 1 fully saturated rings. The number of carbonyl (C=O) groups is 1. The molecule has 2 aliphatic heterocycles. The Morgan fingerprint density at radius 1 is 1.20 bits per heavy atom. The van der Waals surface area contributed by atoms with Gasteiger partial charge in [-0.25, -0.2) is 0 Å². The second kappa shape index (κ2) is 3.77. The summed E-state index contributed by atoms with van der Waals surface area (Å²) in [5.74, 6) is 0.644. The van der Waals surface area contributed by atoms with Gasteiger partial charge < -0.3 is 15.7 Å². The lowest BCUT2D eigenvalue weighted by atomic mass is 9.76. The minimum atomic E-state index is -0.523. The zero-order valence-corrected chi connectivity index (χ0v) is 10.6. The predicted octanol–water partition coefficient (Wildman–Crippen LogP) is 0.642. The van der Waals surface area contributed by atoms with Crippen molar-refractivity contribution in [1.82, 2.24) is 15.5 Å². The minimum Gasteiger partial charge on any atom is -0.507 e. The fourth-order valence-electron chi connectivity index (χ4n) is 2.75. The van der Waals surface area contributed by atoms with Gasteiger partial charge in [-0.05, 0) is 18.2 Å². The first kappa shape index (κ1) is 11.4. The lowest BCUT2D eigenvalue weighted by Crippen LogP contribution is -2.60. The van der Waals surface area contributed by atoms with Gasteiger partial charge in [-0.3, -0.25) is 4.79 Å². The average Bonchev–Trinajstić information content (AvgIpc) is 2.70. The SMILES string of the molecule is O=C1Nc2nnc(-c3ccccc3O)cc2C12CNC2. The normalized spacial score (nSPS) is 18.5. The Balaban J connectivity index is 1.87. The number of nitrogens with zero attached hydrogens (tertiary/aromatic N) is 2. The van der Waals surface area contributed by atoms with Crippen molar-refractivity contribution in [2.45, 2.75) is 5.41 Å². The van der Waals surface area contributed by atoms with E-state index in [1.807, 2.05) is 12.1 Å². The summed E-state index contributed by atoms with van der Waals surface area (Å²) in [6.07, 6.45) is 0. The number of aromatic nitrogens is 2. The molecule has 1 amide bonds. The van der Waals surface area contributed by atoms with E-state index in [0.717, 1.165) is 5.56 Å². The summed E-state index contributed by atoms with van der Waals surface area (Å²) in [6.45, 7) is 1.22. The molecule has 1 aromatic carbocycles. The van der Waals surface area contributed by atoms with E-state index in [9.17, 15) is 9.90 Å². The van der Waals surface area contributed by atoms with E-state index in [4.69, 9.17) is 0 Å². The number of hydrogen-bond acceptors (Lipinski definition) is 5. The van der Waals surface area contributed by atoms with Gasteiger partial charge in [0.05, 0.1) is 5.69 Å². The van der Waals surface area contributed by atoms with Crippen molar-refractivity contribution < 1.29 is 9.90 Å². The smallest absolute Gasteiger partial charge is 0.238 e. The number of amides is 1. The lowest BCUT2D eigenvalue weighted by Gasteiger charge is -2.36. The summed E-state index contributed by atoms with van der Waals surface area (Å²) < 4.78 is 0. The number of hydrogen-bond donors (Lipinski definition) is 3. The number of carbonyl (C=O) groups excluding carboxylic acids is 1. The maximum atomic E-state index is 12.1. The van der Waals surface area contributed by atoms with Crippen molar-refractivity contribution in [2.24, 2.45) is 0 Å². The molecule has 6 nitrogen and oxygen atoms in total. The molecule has 0 unspecified atom stereocenters. The van der Waals surface area contributed by atoms with Crippen molar-refractivity contribution in [2.75, 3.05) is 18.4 Å². The first-order chi connectivity index (χ1) is 9.71. The maximum absolute atomic E-state index is 12.1. The van der Waals surface area contributed by atoms with E-state index < -0.39 is 5.41 Å². The Morgan fingerprint density at radius 3 is 2.70 bits per heavy atom. The summed E-state index contributed by atoms with van der Waals surface area (Å²) in [5.41, 5.74) is 1.52. The van der Waals surface area contributed by atoms with Crippen LogP contribution in [-0.2, 0) is 10.2 Å². The monoisotopic (exact) mass is 268 g/mol. The average molecular weight is 268 g/mol. The fraction of sp³-hybridized carbons (Fsp3) is 0.214. The predicted molar refractivity (Wildman–Crippen MR) is 72.3 cm³/mol. The number of rotatable bonds is 1. The fourth-order valence-corrected chi connectivity index (χ4v) is 2.75. The highest BCUT2D eigenvalue weighted by molar-refractivity contribution is 6.06. The summed E-state index contributed by atoms with van der Waals surface area (Å²) in [6, 6.07) is 8.81. The Labute approximate surface area is 114 Å². The Bertz CT molecular complexity index is 725. The van der Waals surface area contributed by atoms with E-state index in [1.165, 1.54) is 0 Å². The van der Waals surface area contributed by atoms with Gasteiger partial charge in [-0.15, -0.1) is 10.2 Å². The van der Waals surface area contributed by atoms with Crippen molar-refractivity contribution in [3.8, 4) is 17.0 Å². The number of anilines is 1. The lowest BCUT2D eigenvalue weighted by molar-refractivity contribution is -0.122. The van der Waals surface area contributed by atoms with Crippen LogP contribution in [0.3, 0.4) is 0 Å². The molecule has 0 radical (unpaired) electrons. The quantitative estimate of drug-likeness (QED) is 0.706. The molecule has 0 atom stereocenters. The van der Waals surface area contributed by atoms with Crippen LogP contribution >= 0.6 is 0 Å². The first-order valence-electron chi connectivity index (χ1n) is 6.39. The van der Waals surface area contributed by atoms with E-state index in [-0.39, 0.29) is 11.7 Å². The van der Waals surface area contributed by atoms with Gasteiger partial charge in [0.15, 0.2) is 5.82 Å². The third-order valence-corrected chi connectivity index (χ3v) is 4.01. The van der Waals surface area contributed by atoms with Crippen molar-refractivity contribution in [1.29, 1.82) is 0 Å². The van der Waals surface area contributed by atoms with Crippen LogP contribution in [0.4, 0.5) is 5.82 Å². The number of nitrogens with one attached hydrogen (secondary N) is 2. The standard InChI is InChI=1S/C14H12N4O2/c19-11-4-2-1-3-8(11)10-5-9-12(18-17-10)16-13(20)14(9)6-15-7-14/h1-5,15,19H,6-7H2,(H,16,18,20). The molecular weight excluding hydrogens is 256 g/mol. The largest absolute Gasteiger partial charge is 0.507 e. The van der Waals surface area contributed by atoms with Gasteiger partial charge in [-0.2, -0.15) is 0 Å². The summed E-state index contributed by atoms with van der Waals surface area (Å²) in [5, 5.41) is 24.0. The molecule has 3 heterocycles. The van der Waals surface area contributed by atoms with Crippen LogP contribution < -0.4 is 10.6 Å². The molecule has 6 heteroatoms. The molecule has 0 bridgehead atoms. The molecule has 3 N–H and O–H groups in total. The molecule has 100 valence electrons. The van der Waals surface area contributed by atoms with Crippen LogP contribution in [0.2, 0.25) is 0 Å². The highest BCUT2D eigenvalue weighted by atomic mass is 16.3. The van der Waals surface area contributed by atoms with Crippen LogP contribution in [0.5, 0.6) is 5.75 Å². The van der Waals surface area contributed by atoms with E-state index in [2.05, 4.69) is 20.8 Å². The number of fused-ring (bicyclic) bond motifs is 2. The van der Waals surface area contributed by atoms with Gasteiger partial charge >= 0.3 is 0 Å². The minimum absolute atomic E-state index is 0.0324. The third kappa shape index (κ3) is 1.34. The van der Waals surface area contributed by atoms with Crippen LogP contribution in [0.25, 0.3) is 11.3 Å². The van der Waals surface area contributed by atoms with E-state index >= 15 is 0 Å². The third-order valence-electron chi connectivity index (χ3n) is 4.01. The molecule has 1 saturated heterocycles. The molecule has 2 aromatic rings. The second-order valence-corrected chi connectivity index (χ2v) is 5.15. The van der Waals surface area contributed by atoms with Gasteiger partial charge in [0.1, 0.15) is 11.2 Å². The van der Waals surface area contributed by atoms with Crippen LogP contribution in [0.1, 0.15) is 5.56 Å². The Morgan fingerprint density at radius 2 is 2.00 bits per heavy atom. The van der Waals surface area contributed by atoms with Crippen molar-refractivity contribution in [3.05, 3.63) is 35.9 Å². The molecule has 0 aliphatic carbocycles. The molecule has 20 heavy (non-hydrogen) atoms. The molecule has 4 rings (SSSR count).